The predicted molar refractivity (Wildman–Crippen MR) is 84.2 cm³/mol. The van der Waals surface area contributed by atoms with Gasteiger partial charge in [0.25, 0.3) is 0 Å². The number of ether oxygens (including phenoxy) is 2. The monoisotopic (exact) mass is 295 g/mol. The molecule has 0 amide bonds. The van der Waals surface area contributed by atoms with Gasteiger partial charge < -0.3 is 25.2 Å². The number of rotatable bonds is 8. The summed E-state index contributed by atoms with van der Waals surface area (Å²) in [5.74, 6) is 1.44. The summed E-state index contributed by atoms with van der Waals surface area (Å²) in [6, 6.07) is 5.49. The first-order chi connectivity index (χ1) is 10.2. The molecule has 0 aliphatic heterocycles. The van der Waals surface area contributed by atoms with Crippen LogP contribution in [0.4, 0.5) is 0 Å². The maximum absolute atomic E-state index is 10.0. The van der Waals surface area contributed by atoms with Gasteiger partial charge in [-0.3, -0.25) is 4.99 Å². The Balaban J connectivity index is 2.52. The summed E-state index contributed by atoms with van der Waals surface area (Å²) in [6.45, 7) is 4.67. The molecule has 0 saturated heterocycles. The van der Waals surface area contributed by atoms with Crippen molar-refractivity contribution in [3.63, 3.8) is 0 Å². The first-order valence-electron chi connectivity index (χ1n) is 7.08. The molecule has 0 aliphatic carbocycles. The number of benzene rings is 1. The molecule has 0 unspecified atom stereocenters. The van der Waals surface area contributed by atoms with Gasteiger partial charge in [-0.05, 0) is 25.0 Å². The Kier molecular flexibility index (Phi) is 8.04. The number of methoxy groups -OCH3 is 2. The lowest BCUT2D eigenvalue weighted by atomic mass is 10.1. The van der Waals surface area contributed by atoms with Gasteiger partial charge in [0.2, 0.25) is 0 Å². The van der Waals surface area contributed by atoms with Crippen molar-refractivity contribution in [2.24, 2.45) is 4.99 Å². The van der Waals surface area contributed by atoms with E-state index in [1.54, 1.807) is 20.3 Å². The van der Waals surface area contributed by atoms with E-state index in [2.05, 4.69) is 15.6 Å². The summed E-state index contributed by atoms with van der Waals surface area (Å²) in [5, 5.41) is 16.4. The van der Waals surface area contributed by atoms with E-state index in [0.29, 0.717) is 31.9 Å². The highest BCUT2D eigenvalue weighted by molar-refractivity contribution is 5.79. The second kappa shape index (κ2) is 9.88. The molecule has 0 bridgehead atoms. The lowest BCUT2D eigenvalue weighted by molar-refractivity contribution is 0.208. The molecule has 6 heteroatoms. The molecular weight excluding hydrogens is 270 g/mol. The minimum Gasteiger partial charge on any atom is -0.504 e. The predicted octanol–water partition coefficient (Wildman–Crippen LogP) is 1.14. The van der Waals surface area contributed by atoms with E-state index in [9.17, 15) is 5.11 Å². The minimum absolute atomic E-state index is 0.197. The van der Waals surface area contributed by atoms with E-state index < -0.39 is 0 Å². The molecule has 0 heterocycles. The molecule has 0 radical (unpaired) electrons. The van der Waals surface area contributed by atoms with Gasteiger partial charge in [0.05, 0.1) is 20.3 Å². The number of para-hydroxylation sites is 1. The van der Waals surface area contributed by atoms with Crippen LogP contribution in [0.5, 0.6) is 11.5 Å². The Hall–Kier alpha value is -1.95. The van der Waals surface area contributed by atoms with Crippen LogP contribution >= 0.6 is 0 Å². The Morgan fingerprint density at radius 1 is 1.29 bits per heavy atom. The van der Waals surface area contributed by atoms with Crippen molar-refractivity contribution in [3.05, 3.63) is 23.8 Å². The third kappa shape index (κ3) is 5.91. The van der Waals surface area contributed by atoms with Gasteiger partial charge >= 0.3 is 0 Å². The standard InChI is InChI=1S/C15H25N3O3/c1-4-16-15(18-10-11-20-2)17-9-8-12-6-5-7-13(21-3)14(12)19/h5-7,19H,4,8-11H2,1-3H3,(H2,16,17,18). The van der Waals surface area contributed by atoms with Gasteiger partial charge in [-0.2, -0.15) is 0 Å². The van der Waals surface area contributed by atoms with Gasteiger partial charge in [0, 0.05) is 20.2 Å². The molecule has 3 N–H and O–H groups in total. The number of nitrogens with one attached hydrogen (secondary N) is 2. The number of hydrogen-bond donors (Lipinski definition) is 3. The van der Waals surface area contributed by atoms with Crippen LogP contribution in [0.3, 0.4) is 0 Å². The van der Waals surface area contributed by atoms with Crippen molar-refractivity contribution < 1.29 is 14.6 Å². The van der Waals surface area contributed by atoms with E-state index in [1.165, 1.54) is 0 Å². The molecule has 21 heavy (non-hydrogen) atoms. The highest BCUT2D eigenvalue weighted by Crippen LogP contribution is 2.29. The minimum atomic E-state index is 0.197. The SMILES string of the molecule is CCNC(=NCCOC)NCCc1cccc(OC)c1O. The topological polar surface area (TPSA) is 75.1 Å². The zero-order valence-electron chi connectivity index (χ0n) is 13.0. The molecule has 0 aromatic heterocycles. The Labute approximate surface area is 126 Å². The van der Waals surface area contributed by atoms with Crippen molar-refractivity contribution in [1.82, 2.24) is 10.6 Å². The van der Waals surface area contributed by atoms with Gasteiger partial charge in [-0.25, -0.2) is 0 Å². The van der Waals surface area contributed by atoms with E-state index in [0.717, 1.165) is 18.1 Å². The summed E-state index contributed by atoms with van der Waals surface area (Å²) < 4.78 is 10.1. The van der Waals surface area contributed by atoms with Crippen molar-refractivity contribution in [2.75, 3.05) is 40.5 Å². The quantitative estimate of drug-likeness (QED) is 0.381. The van der Waals surface area contributed by atoms with Crippen molar-refractivity contribution in [1.29, 1.82) is 0 Å². The number of guanidine groups is 1. The summed E-state index contributed by atoms with van der Waals surface area (Å²) in [4.78, 5) is 4.37. The summed E-state index contributed by atoms with van der Waals surface area (Å²) in [7, 11) is 3.20. The fraction of sp³-hybridized carbons (Fsp3) is 0.533. The summed E-state index contributed by atoms with van der Waals surface area (Å²) in [5.41, 5.74) is 0.842. The fourth-order valence-electron chi connectivity index (χ4n) is 1.84. The third-order valence-corrected chi connectivity index (χ3v) is 2.90. The summed E-state index contributed by atoms with van der Waals surface area (Å²) >= 11 is 0. The lowest BCUT2D eigenvalue weighted by Crippen LogP contribution is -2.38. The van der Waals surface area contributed by atoms with Crippen LogP contribution in [0.1, 0.15) is 12.5 Å². The van der Waals surface area contributed by atoms with Crippen LogP contribution in [0.15, 0.2) is 23.2 Å². The van der Waals surface area contributed by atoms with E-state index in [1.807, 2.05) is 19.1 Å². The molecule has 0 spiro atoms. The number of nitrogens with zero attached hydrogens (tertiary/aromatic N) is 1. The molecule has 0 fully saturated rings. The smallest absolute Gasteiger partial charge is 0.191 e. The van der Waals surface area contributed by atoms with Crippen LogP contribution in [-0.4, -0.2) is 51.5 Å². The number of aliphatic imine (C=N–C) groups is 1. The number of phenolic OH excluding ortho intramolecular Hbond substituents is 1. The van der Waals surface area contributed by atoms with Gasteiger partial charge in [0.1, 0.15) is 0 Å². The van der Waals surface area contributed by atoms with Crippen LogP contribution in [0.2, 0.25) is 0 Å². The van der Waals surface area contributed by atoms with Crippen molar-refractivity contribution in [3.8, 4) is 11.5 Å². The largest absolute Gasteiger partial charge is 0.504 e. The van der Waals surface area contributed by atoms with E-state index >= 15 is 0 Å². The Bertz CT molecular complexity index is 450. The van der Waals surface area contributed by atoms with Crippen LogP contribution < -0.4 is 15.4 Å². The van der Waals surface area contributed by atoms with E-state index in [4.69, 9.17) is 9.47 Å². The fourth-order valence-corrected chi connectivity index (χ4v) is 1.84. The zero-order chi connectivity index (χ0) is 15.5. The maximum atomic E-state index is 10.0. The zero-order valence-corrected chi connectivity index (χ0v) is 13.0. The number of phenols is 1. The molecule has 1 rings (SSSR count). The average molecular weight is 295 g/mol. The first kappa shape index (κ1) is 17.1. The number of hydrogen-bond acceptors (Lipinski definition) is 4. The van der Waals surface area contributed by atoms with Gasteiger partial charge in [-0.15, -0.1) is 0 Å². The van der Waals surface area contributed by atoms with Crippen molar-refractivity contribution in [2.45, 2.75) is 13.3 Å². The van der Waals surface area contributed by atoms with E-state index in [-0.39, 0.29) is 5.75 Å². The lowest BCUT2D eigenvalue weighted by Gasteiger charge is -2.12. The average Bonchev–Trinajstić information content (AvgIpc) is 2.49. The van der Waals surface area contributed by atoms with Crippen molar-refractivity contribution >= 4 is 5.96 Å². The molecule has 6 nitrogen and oxygen atoms in total. The molecule has 1 aromatic rings. The molecule has 118 valence electrons. The highest BCUT2D eigenvalue weighted by Gasteiger charge is 2.07. The molecule has 1 aromatic carbocycles. The second-order valence-corrected chi connectivity index (χ2v) is 4.40. The van der Waals surface area contributed by atoms with Gasteiger partial charge in [0.15, 0.2) is 17.5 Å². The number of aromatic hydroxyl groups is 1. The highest BCUT2D eigenvalue weighted by atomic mass is 16.5. The van der Waals surface area contributed by atoms with Gasteiger partial charge in [-0.1, -0.05) is 12.1 Å². The Morgan fingerprint density at radius 3 is 2.76 bits per heavy atom. The van der Waals surface area contributed by atoms with Crippen LogP contribution in [-0.2, 0) is 11.2 Å². The molecule has 0 saturated carbocycles. The normalized spacial score (nSPS) is 11.3. The molecular formula is C15H25N3O3. The molecule has 0 atom stereocenters. The first-order valence-corrected chi connectivity index (χ1v) is 7.08. The third-order valence-electron chi connectivity index (χ3n) is 2.90. The second-order valence-electron chi connectivity index (χ2n) is 4.40. The van der Waals surface area contributed by atoms with Crippen LogP contribution in [0.25, 0.3) is 0 Å². The van der Waals surface area contributed by atoms with Crippen LogP contribution in [0, 0.1) is 0 Å². The maximum Gasteiger partial charge on any atom is 0.191 e. The Morgan fingerprint density at radius 2 is 2.10 bits per heavy atom. The molecule has 0 aliphatic rings. The summed E-state index contributed by atoms with van der Waals surface area (Å²) in [6.07, 6.45) is 0.678.